The molecule has 1 saturated heterocycles. The Kier molecular flexibility index (Phi) is 5.95. The predicted octanol–water partition coefficient (Wildman–Crippen LogP) is 0.656. The third-order valence-electron chi connectivity index (χ3n) is 5.04. The molecule has 3 heterocycles. The van der Waals surface area contributed by atoms with Crippen LogP contribution in [-0.4, -0.2) is 63.6 Å². The summed E-state index contributed by atoms with van der Waals surface area (Å²) in [6.45, 7) is 4.09. The second kappa shape index (κ2) is 8.96. The van der Waals surface area contributed by atoms with Gasteiger partial charge in [0.1, 0.15) is 5.82 Å². The second-order valence-electron chi connectivity index (χ2n) is 7.34. The van der Waals surface area contributed by atoms with Gasteiger partial charge in [-0.3, -0.25) is 4.79 Å². The van der Waals surface area contributed by atoms with E-state index in [-0.39, 0.29) is 5.91 Å². The van der Waals surface area contributed by atoms with Crippen LogP contribution in [0.1, 0.15) is 42.2 Å². The van der Waals surface area contributed by atoms with Gasteiger partial charge in [0.05, 0.1) is 12.2 Å². The number of piperidine rings is 1. The van der Waals surface area contributed by atoms with E-state index in [1.54, 1.807) is 17.1 Å². The average molecular weight is 385 g/mol. The number of hydrogen-bond donors (Lipinski definition) is 4. The zero-order valence-electron chi connectivity index (χ0n) is 15.9. The third kappa shape index (κ3) is 5.16. The van der Waals surface area contributed by atoms with Crippen LogP contribution in [0.4, 0.5) is 11.8 Å². The number of anilines is 2. The normalized spacial score (nSPS) is 17.3. The standard InChI is InChI=1S/C18H27N9O/c28-17(15-12-27(26-25-15)14-1-2-14)21-10-9-20-16-5-8-22-18(24-16)23-11-13-3-6-19-7-4-13/h5,8,12-14,19H,1-4,6-7,9-11H2,(H,21,28)(H2,20,22,23,24). The van der Waals surface area contributed by atoms with Crippen molar-refractivity contribution in [3.05, 3.63) is 24.2 Å². The second-order valence-corrected chi connectivity index (χ2v) is 7.34. The fraction of sp³-hybridized carbons (Fsp3) is 0.611. The molecule has 150 valence electrons. The zero-order valence-corrected chi connectivity index (χ0v) is 15.9. The van der Waals surface area contributed by atoms with Crippen LogP contribution < -0.4 is 21.3 Å². The Balaban J connectivity index is 1.17. The highest BCUT2D eigenvalue weighted by Crippen LogP contribution is 2.33. The molecule has 4 rings (SSSR count). The Morgan fingerprint density at radius 3 is 2.86 bits per heavy atom. The Labute approximate surface area is 163 Å². The number of aromatic nitrogens is 5. The summed E-state index contributed by atoms with van der Waals surface area (Å²) in [5, 5.41) is 20.7. The minimum atomic E-state index is -0.208. The van der Waals surface area contributed by atoms with E-state index in [4.69, 9.17) is 0 Å². The highest BCUT2D eigenvalue weighted by atomic mass is 16.2. The number of nitrogens with one attached hydrogen (secondary N) is 4. The molecule has 1 saturated carbocycles. The van der Waals surface area contributed by atoms with Gasteiger partial charge in [0.2, 0.25) is 5.95 Å². The van der Waals surface area contributed by atoms with Crippen LogP contribution >= 0.6 is 0 Å². The van der Waals surface area contributed by atoms with Crippen molar-refractivity contribution in [2.24, 2.45) is 5.92 Å². The molecule has 10 nitrogen and oxygen atoms in total. The van der Waals surface area contributed by atoms with Gasteiger partial charge in [0.15, 0.2) is 5.69 Å². The molecule has 28 heavy (non-hydrogen) atoms. The van der Waals surface area contributed by atoms with Crippen LogP contribution in [-0.2, 0) is 0 Å². The topological polar surface area (TPSA) is 122 Å². The predicted molar refractivity (Wildman–Crippen MR) is 105 cm³/mol. The molecule has 0 atom stereocenters. The van der Waals surface area contributed by atoms with Crippen LogP contribution in [0.15, 0.2) is 18.5 Å². The molecule has 2 aromatic heterocycles. The minimum absolute atomic E-state index is 0.208. The van der Waals surface area contributed by atoms with E-state index in [9.17, 15) is 4.79 Å². The van der Waals surface area contributed by atoms with E-state index in [0.29, 0.717) is 36.7 Å². The molecule has 0 radical (unpaired) electrons. The first-order valence-corrected chi connectivity index (χ1v) is 9.99. The van der Waals surface area contributed by atoms with Gasteiger partial charge in [-0.15, -0.1) is 5.10 Å². The quantitative estimate of drug-likeness (QED) is 0.464. The molecule has 2 aromatic rings. The molecule has 1 amide bonds. The van der Waals surface area contributed by atoms with Gasteiger partial charge in [0, 0.05) is 25.8 Å². The lowest BCUT2D eigenvalue weighted by Gasteiger charge is -2.22. The van der Waals surface area contributed by atoms with Gasteiger partial charge in [-0.1, -0.05) is 5.21 Å². The molecule has 2 fully saturated rings. The lowest BCUT2D eigenvalue weighted by atomic mass is 9.98. The highest BCUT2D eigenvalue weighted by Gasteiger charge is 2.25. The maximum atomic E-state index is 12.1. The van der Waals surface area contributed by atoms with Crippen molar-refractivity contribution in [3.8, 4) is 0 Å². The lowest BCUT2D eigenvalue weighted by molar-refractivity contribution is 0.0950. The zero-order chi connectivity index (χ0) is 19.2. The Morgan fingerprint density at radius 1 is 1.18 bits per heavy atom. The van der Waals surface area contributed by atoms with Gasteiger partial charge in [0.25, 0.3) is 5.91 Å². The largest absolute Gasteiger partial charge is 0.368 e. The number of carbonyl (C=O) groups is 1. The summed E-state index contributed by atoms with van der Waals surface area (Å²) >= 11 is 0. The van der Waals surface area contributed by atoms with Crippen molar-refractivity contribution in [2.75, 3.05) is 43.4 Å². The number of rotatable bonds is 9. The molecular formula is C18H27N9O. The first-order chi connectivity index (χ1) is 13.8. The summed E-state index contributed by atoms with van der Waals surface area (Å²) in [5.41, 5.74) is 0.360. The fourth-order valence-corrected chi connectivity index (χ4v) is 3.22. The summed E-state index contributed by atoms with van der Waals surface area (Å²) in [6, 6.07) is 2.24. The number of carbonyl (C=O) groups excluding carboxylic acids is 1. The molecule has 1 aliphatic carbocycles. The van der Waals surface area contributed by atoms with Crippen molar-refractivity contribution >= 4 is 17.7 Å². The number of hydrogen-bond acceptors (Lipinski definition) is 8. The van der Waals surface area contributed by atoms with E-state index in [1.807, 2.05) is 6.07 Å². The smallest absolute Gasteiger partial charge is 0.273 e. The molecule has 0 spiro atoms. The van der Waals surface area contributed by atoms with Crippen molar-refractivity contribution in [1.29, 1.82) is 0 Å². The Morgan fingerprint density at radius 2 is 2.04 bits per heavy atom. The van der Waals surface area contributed by atoms with Crippen molar-refractivity contribution in [1.82, 2.24) is 35.6 Å². The Hall–Kier alpha value is -2.75. The third-order valence-corrected chi connectivity index (χ3v) is 5.04. The highest BCUT2D eigenvalue weighted by molar-refractivity contribution is 5.91. The summed E-state index contributed by atoms with van der Waals surface area (Å²) in [6.07, 6.45) is 8.03. The van der Waals surface area contributed by atoms with Crippen LogP contribution in [0.2, 0.25) is 0 Å². The molecular weight excluding hydrogens is 358 g/mol. The first-order valence-electron chi connectivity index (χ1n) is 9.99. The van der Waals surface area contributed by atoms with Crippen molar-refractivity contribution in [2.45, 2.75) is 31.7 Å². The first kappa shape index (κ1) is 18.6. The lowest BCUT2D eigenvalue weighted by Crippen LogP contribution is -2.31. The van der Waals surface area contributed by atoms with E-state index in [0.717, 1.165) is 38.3 Å². The van der Waals surface area contributed by atoms with E-state index in [1.165, 1.54) is 12.8 Å². The molecule has 2 aliphatic rings. The van der Waals surface area contributed by atoms with Gasteiger partial charge in [-0.2, -0.15) is 4.98 Å². The van der Waals surface area contributed by atoms with Crippen LogP contribution in [0.25, 0.3) is 0 Å². The maximum absolute atomic E-state index is 12.1. The van der Waals surface area contributed by atoms with Gasteiger partial charge >= 0.3 is 0 Å². The molecule has 10 heteroatoms. The summed E-state index contributed by atoms with van der Waals surface area (Å²) in [5.74, 6) is 1.82. The van der Waals surface area contributed by atoms with E-state index in [2.05, 4.69) is 41.5 Å². The van der Waals surface area contributed by atoms with Crippen LogP contribution in [0.3, 0.4) is 0 Å². The number of nitrogens with zero attached hydrogens (tertiary/aromatic N) is 5. The average Bonchev–Trinajstić information content (AvgIpc) is 3.47. The van der Waals surface area contributed by atoms with Crippen molar-refractivity contribution < 1.29 is 4.79 Å². The molecule has 4 N–H and O–H groups in total. The van der Waals surface area contributed by atoms with Gasteiger partial charge < -0.3 is 21.3 Å². The SMILES string of the molecule is O=C(NCCNc1ccnc(NCC2CCNCC2)n1)c1cn(C2CC2)nn1. The van der Waals surface area contributed by atoms with Gasteiger partial charge in [-0.25, -0.2) is 9.67 Å². The maximum Gasteiger partial charge on any atom is 0.273 e. The van der Waals surface area contributed by atoms with E-state index < -0.39 is 0 Å². The molecule has 0 aromatic carbocycles. The van der Waals surface area contributed by atoms with Crippen LogP contribution in [0.5, 0.6) is 0 Å². The van der Waals surface area contributed by atoms with Crippen LogP contribution in [0, 0.1) is 5.92 Å². The minimum Gasteiger partial charge on any atom is -0.368 e. The Bertz CT molecular complexity index is 783. The van der Waals surface area contributed by atoms with Crippen molar-refractivity contribution in [3.63, 3.8) is 0 Å². The summed E-state index contributed by atoms with van der Waals surface area (Å²) < 4.78 is 1.77. The monoisotopic (exact) mass is 385 g/mol. The fourth-order valence-electron chi connectivity index (χ4n) is 3.22. The summed E-state index contributed by atoms with van der Waals surface area (Å²) in [4.78, 5) is 20.9. The van der Waals surface area contributed by atoms with E-state index >= 15 is 0 Å². The molecule has 1 aliphatic heterocycles. The number of amides is 1. The summed E-state index contributed by atoms with van der Waals surface area (Å²) in [7, 11) is 0. The molecule has 0 bridgehead atoms. The molecule has 0 unspecified atom stereocenters. The van der Waals surface area contributed by atoms with Gasteiger partial charge in [-0.05, 0) is 50.8 Å².